The molecule has 0 spiro atoms. The number of amides is 3. The lowest BCUT2D eigenvalue weighted by Crippen LogP contribution is -2.16. The fraction of sp³-hybridized carbons (Fsp3) is 0.125. The fourth-order valence-corrected chi connectivity index (χ4v) is 2.81. The zero-order chi connectivity index (χ0) is 21.5. The Labute approximate surface area is 175 Å². The summed E-state index contributed by atoms with van der Waals surface area (Å²) < 4.78 is 0. The number of rotatable bonds is 6. The predicted molar refractivity (Wildman–Crippen MR) is 119 cm³/mol. The van der Waals surface area contributed by atoms with Gasteiger partial charge in [-0.05, 0) is 55.0 Å². The molecule has 30 heavy (non-hydrogen) atoms. The second-order valence-electron chi connectivity index (χ2n) is 6.79. The second kappa shape index (κ2) is 9.52. The average Bonchev–Trinajstić information content (AvgIpc) is 2.76. The zero-order valence-corrected chi connectivity index (χ0v) is 16.9. The molecule has 0 fully saturated rings. The van der Waals surface area contributed by atoms with Crippen LogP contribution in [0.5, 0.6) is 0 Å². The number of hydrogen-bond acceptors (Lipinski definition) is 3. The van der Waals surface area contributed by atoms with Crippen LogP contribution in [0, 0.1) is 6.92 Å². The first kappa shape index (κ1) is 20.8. The summed E-state index contributed by atoms with van der Waals surface area (Å²) in [6, 6.07) is 21.0. The van der Waals surface area contributed by atoms with Crippen molar-refractivity contribution in [1.29, 1.82) is 0 Å². The Bertz CT molecular complexity index is 1080. The van der Waals surface area contributed by atoms with Crippen molar-refractivity contribution in [1.82, 2.24) is 0 Å². The number of anilines is 3. The second-order valence-corrected chi connectivity index (χ2v) is 6.79. The van der Waals surface area contributed by atoms with Gasteiger partial charge in [0.1, 0.15) is 0 Å². The van der Waals surface area contributed by atoms with Crippen LogP contribution in [0.3, 0.4) is 0 Å². The van der Waals surface area contributed by atoms with Gasteiger partial charge in [0.05, 0.1) is 0 Å². The molecule has 6 nitrogen and oxygen atoms in total. The molecule has 0 radical (unpaired) electrons. The first-order valence-electron chi connectivity index (χ1n) is 9.64. The van der Waals surface area contributed by atoms with Crippen molar-refractivity contribution >= 4 is 34.8 Å². The number of aryl methyl sites for hydroxylation is 1. The van der Waals surface area contributed by atoms with Crippen LogP contribution in [0.1, 0.15) is 39.6 Å². The number of hydrogen-bond donors (Lipinski definition) is 3. The van der Waals surface area contributed by atoms with Gasteiger partial charge in [0.25, 0.3) is 11.8 Å². The summed E-state index contributed by atoms with van der Waals surface area (Å²) in [7, 11) is 0. The van der Waals surface area contributed by atoms with E-state index in [-0.39, 0.29) is 17.7 Å². The smallest absolute Gasteiger partial charge is 0.255 e. The minimum Gasteiger partial charge on any atom is -0.326 e. The molecule has 0 aliphatic heterocycles. The van der Waals surface area contributed by atoms with Gasteiger partial charge in [0.15, 0.2) is 0 Å². The summed E-state index contributed by atoms with van der Waals surface area (Å²) in [6.07, 6.45) is 0.372. The summed E-state index contributed by atoms with van der Waals surface area (Å²) >= 11 is 0. The lowest BCUT2D eigenvalue weighted by molar-refractivity contribution is -0.115. The maximum atomic E-state index is 12.7. The van der Waals surface area contributed by atoms with Gasteiger partial charge in [-0.2, -0.15) is 0 Å². The van der Waals surface area contributed by atoms with Gasteiger partial charge in [-0.3, -0.25) is 14.4 Å². The number of carbonyl (C=O) groups excluding carboxylic acids is 3. The van der Waals surface area contributed by atoms with E-state index in [1.165, 1.54) is 0 Å². The Morgan fingerprint density at radius 1 is 0.700 bits per heavy atom. The molecular formula is C24H23N3O3. The maximum Gasteiger partial charge on any atom is 0.255 e. The quantitative estimate of drug-likeness (QED) is 0.552. The molecule has 0 saturated carbocycles. The molecule has 3 aromatic carbocycles. The SMILES string of the molecule is CCC(=O)Nc1cccc(NC(=O)c2ccc(C)c(NC(=O)c3ccccc3)c2)c1. The molecule has 3 aromatic rings. The minimum atomic E-state index is -0.316. The topological polar surface area (TPSA) is 87.3 Å². The third-order valence-corrected chi connectivity index (χ3v) is 4.51. The van der Waals surface area contributed by atoms with Crippen molar-refractivity contribution < 1.29 is 14.4 Å². The summed E-state index contributed by atoms with van der Waals surface area (Å²) in [5.74, 6) is -0.657. The van der Waals surface area contributed by atoms with Gasteiger partial charge in [0, 0.05) is 34.6 Å². The van der Waals surface area contributed by atoms with E-state index in [1.807, 2.05) is 13.0 Å². The zero-order valence-electron chi connectivity index (χ0n) is 16.9. The van der Waals surface area contributed by atoms with E-state index in [1.54, 1.807) is 73.7 Å². The standard InChI is InChI=1S/C24H23N3O3/c1-3-22(28)25-19-10-7-11-20(15-19)26-24(30)18-13-12-16(2)21(14-18)27-23(29)17-8-5-4-6-9-17/h4-15H,3H2,1-2H3,(H,25,28)(H,26,30)(H,27,29). The van der Waals surface area contributed by atoms with E-state index in [4.69, 9.17) is 0 Å². The summed E-state index contributed by atoms with van der Waals surface area (Å²) in [5, 5.41) is 8.44. The third kappa shape index (κ3) is 5.32. The minimum absolute atomic E-state index is 0.101. The summed E-state index contributed by atoms with van der Waals surface area (Å²) in [5.41, 5.74) is 3.54. The van der Waals surface area contributed by atoms with E-state index in [2.05, 4.69) is 16.0 Å². The number of carbonyl (C=O) groups is 3. The number of benzene rings is 3. The van der Waals surface area contributed by atoms with Crippen molar-refractivity contribution in [3.8, 4) is 0 Å². The molecule has 0 aliphatic carbocycles. The third-order valence-electron chi connectivity index (χ3n) is 4.51. The van der Waals surface area contributed by atoms with Crippen LogP contribution >= 0.6 is 0 Å². The van der Waals surface area contributed by atoms with E-state index in [0.29, 0.717) is 34.6 Å². The van der Waals surface area contributed by atoms with Crippen LogP contribution in [0.2, 0.25) is 0 Å². The van der Waals surface area contributed by atoms with E-state index < -0.39 is 0 Å². The molecule has 0 atom stereocenters. The van der Waals surface area contributed by atoms with Crippen molar-refractivity contribution in [3.63, 3.8) is 0 Å². The van der Waals surface area contributed by atoms with Crippen molar-refractivity contribution in [2.45, 2.75) is 20.3 Å². The Morgan fingerprint density at radius 3 is 2.07 bits per heavy atom. The summed E-state index contributed by atoms with van der Waals surface area (Å²) in [4.78, 5) is 36.7. The van der Waals surface area contributed by atoms with Gasteiger partial charge < -0.3 is 16.0 Å². The Morgan fingerprint density at radius 2 is 1.37 bits per heavy atom. The first-order valence-corrected chi connectivity index (χ1v) is 9.64. The Hall–Kier alpha value is -3.93. The van der Waals surface area contributed by atoms with Gasteiger partial charge >= 0.3 is 0 Å². The van der Waals surface area contributed by atoms with Gasteiger partial charge in [0.2, 0.25) is 5.91 Å². The molecule has 152 valence electrons. The molecule has 0 unspecified atom stereocenters. The van der Waals surface area contributed by atoms with Gasteiger partial charge in [-0.1, -0.05) is 37.3 Å². The fourth-order valence-electron chi connectivity index (χ4n) is 2.81. The molecule has 0 aliphatic rings. The predicted octanol–water partition coefficient (Wildman–Crippen LogP) is 4.85. The van der Waals surface area contributed by atoms with Crippen molar-refractivity contribution in [2.75, 3.05) is 16.0 Å². The number of nitrogens with one attached hydrogen (secondary N) is 3. The highest BCUT2D eigenvalue weighted by Crippen LogP contribution is 2.20. The van der Waals surface area contributed by atoms with Crippen LogP contribution in [-0.4, -0.2) is 17.7 Å². The maximum absolute atomic E-state index is 12.7. The molecule has 0 saturated heterocycles. The molecule has 0 bridgehead atoms. The van der Waals surface area contributed by atoms with Crippen LogP contribution in [-0.2, 0) is 4.79 Å². The molecular weight excluding hydrogens is 378 g/mol. The van der Waals surface area contributed by atoms with E-state index in [9.17, 15) is 14.4 Å². The monoisotopic (exact) mass is 401 g/mol. The highest BCUT2D eigenvalue weighted by atomic mass is 16.2. The largest absolute Gasteiger partial charge is 0.326 e. The van der Waals surface area contributed by atoms with Crippen LogP contribution in [0.25, 0.3) is 0 Å². The Balaban J connectivity index is 1.74. The van der Waals surface area contributed by atoms with E-state index >= 15 is 0 Å². The van der Waals surface area contributed by atoms with Crippen molar-refractivity contribution in [2.24, 2.45) is 0 Å². The lowest BCUT2D eigenvalue weighted by atomic mass is 10.1. The Kier molecular flexibility index (Phi) is 6.60. The highest BCUT2D eigenvalue weighted by molar-refractivity contribution is 6.08. The normalized spacial score (nSPS) is 10.2. The lowest BCUT2D eigenvalue weighted by Gasteiger charge is -2.12. The molecule has 6 heteroatoms. The molecule has 3 N–H and O–H groups in total. The van der Waals surface area contributed by atoms with Gasteiger partial charge in [-0.25, -0.2) is 0 Å². The average molecular weight is 401 g/mol. The van der Waals surface area contributed by atoms with Crippen LogP contribution in [0.15, 0.2) is 72.8 Å². The summed E-state index contributed by atoms with van der Waals surface area (Å²) in [6.45, 7) is 3.63. The van der Waals surface area contributed by atoms with E-state index in [0.717, 1.165) is 5.56 Å². The van der Waals surface area contributed by atoms with Crippen LogP contribution in [0.4, 0.5) is 17.1 Å². The highest BCUT2D eigenvalue weighted by Gasteiger charge is 2.12. The molecule has 3 amide bonds. The van der Waals surface area contributed by atoms with Crippen molar-refractivity contribution in [3.05, 3.63) is 89.5 Å². The molecule has 3 rings (SSSR count). The molecule has 0 aromatic heterocycles. The van der Waals surface area contributed by atoms with Crippen LogP contribution < -0.4 is 16.0 Å². The van der Waals surface area contributed by atoms with Gasteiger partial charge in [-0.15, -0.1) is 0 Å². The first-order chi connectivity index (χ1) is 14.5. The molecule has 0 heterocycles.